The van der Waals surface area contributed by atoms with E-state index in [4.69, 9.17) is 0 Å². The molecular formula is C13H18BrNO. The summed E-state index contributed by atoms with van der Waals surface area (Å²) in [6, 6.07) is 7.81. The fourth-order valence-electron chi connectivity index (χ4n) is 1.39. The molecule has 1 amide bonds. The second-order valence-electron chi connectivity index (χ2n) is 4.21. The van der Waals surface area contributed by atoms with Crippen LogP contribution in [0, 0.1) is 12.8 Å². The first kappa shape index (κ1) is 13.2. The second kappa shape index (κ2) is 6.04. The van der Waals surface area contributed by atoms with E-state index in [9.17, 15) is 4.79 Å². The first-order valence-electron chi connectivity index (χ1n) is 5.48. The molecule has 0 saturated carbocycles. The standard InChI is InChI=1S/C13H18BrNO/c1-9-6-4-5-7-12(9)13(16)15-11(3)10(2)8-14/h4-7,10-11H,8H2,1-3H3,(H,15,16). The summed E-state index contributed by atoms with van der Waals surface area (Å²) in [5, 5.41) is 3.91. The van der Waals surface area contributed by atoms with Crippen molar-refractivity contribution in [3.05, 3.63) is 35.4 Å². The first-order chi connectivity index (χ1) is 7.56. The van der Waals surface area contributed by atoms with Gasteiger partial charge in [0.2, 0.25) is 0 Å². The predicted octanol–water partition coefficient (Wildman–Crippen LogP) is 3.14. The molecule has 1 aromatic rings. The average molecular weight is 284 g/mol. The van der Waals surface area contributed by atoms with Crippen LogP contribution in [0.1, 0.15) is 29.8 Å². The number of nitrogens with one attached hydrogen (secondary N) is 1. The number of halogens is 1. The van der Waals surface area contributed by atoms with E-state index in [-0.39, 0.29) is 11.9 Å². The van der Waals surface area contributed by atoms with Crippen molar-refractivity contribution >= 4 is 21.8 Å². The van der Waals surface area contributed by atoms with Crippen LogP contribution < -0.4 is 5.32 Å². The summed E-state index contributed by atoms with van der Waals surface area (Å²) in [7, 11) is 0. The van der Waals surface area contributed by atoms with Gasteiger partial charge in [-0.1, -0.05) is 41.1 Å². The Morgan fingerprint density at radius 2 is 2.00 bits per heavy atom. The summed E-state index contributed by atoms with van der Waals surface area (Å²) in [5.74, 6) is 0.436. The van der Waals surface area contributed by atoms with Crippen molar-refractivity contribution in [1.82, 2.24) is 5.32 Å². The van der Waals surface area contributed by atoms with E-state index in [2.05, 4.69) is 28.2 Å². The molecule has 0 saturated heterocycles. The fourth-order valence-corrected chi connectivity index (χ4v) is 1.95. The van der Waals surface area contributed by atoms with E-state index < -0.39 is 0 Å². The van der Waals surface area contributed by atoms with Crippen molar-refractivity contribution in [2.75, 3.05) is 5.33 Å². The highest BCUT2D eigenvalue weighted by atomic mass is 79.9. The maximum absolute atomic E-state index is 12.0. The number of amides is 1. The van der Waals surface area contributed by atoms with Crippen molar-refractivity contribution in [3.8, 4) is 0 Å². The lowest BCUT2D eigenvalue weighted by molar-refractivity contribution is 0.0930. The zero-order chi connectivity index (χ0) is 12.1. The zero-order valence-corrected chi connectivity index (χ0v) is 11.5. The van der Waals surface area contributed by atoms with Gasteiger partial charge in [0.05, 0.1) is 0 Å². The van der Waals surface area contributed by atoms with Crippen LogP contribution in [0.2, 0.25) is 0 Å². The molecule has 2 nitrogen and oxygen atoms in total. The third kappa shape index (κ3) is 3.34. The maximum Gasteiger partial charge on any atom is 0.251 e. The number of carbonyl (C=O) groups excluding carboxylic acids is 1. The lowest BCUT2D eigenvalue weighted by Crippen LogP contribution is -2.37. The molecule has 0 radical (unpaired) electrons. The normalized spacial score (nSPS) is 14.2. The van der Waals surface area contributed by atoms with Gasteiger partial charge in [0.25, 0.3) is 5.91 Å². The molecule has 0 aliphatic rings. The Balaban J connectivity index is 2.70. The van der Waals surface area contributed by atoms with Crippen molar-refractivity contribution < 1.29 is 4.79 Å². The van der Waals surface area contributed by atoms with Gasteiger partial charge in [-0.15, -0.1) is 0 Å². The van der Waals surface area contributed by atoms with Crippen LogP contribution in [-0.2, 0) is 0 Å². The molecule has 0 bridgehead atoms. The minimum absolute atomic E-state index is 0.0124. The zero-order valence-electron chi connectivity index (χ0n) is 9.96. The van der Waals surface area contributed by atoms with Crippen molar-refractivity contribution in [2.24, 2.45) is 5.92 Å². The van der Waals surface area contributed by atoms with Crippen LogP contribution in [0.5, 0.6) is 0 Å². The number of aryl methyl sites for hydroxylation is 1. The third-order valence-corrected chi connectivity index (χ3v) is 3.87. The smallest absolute Gasteiger partial charge is 0.251 e. The molecule has 0 heterocycles. The minimum Gasteiger partial charge on any atom is -0.349 e. The molecule has 1 N–H and O–H groups in total. The number of rotatable bonds is 4. The molecular weight excluding hydrogens is 266 g/mol. The van der Waals surface area contributed by atoms with Crippen molar-refractivity contribution in [1.29, 1.82) is 0 Å². The Bertz CT molecular complexity index is 365. The van der Waals surface area contributed by atoms with Gasteiger partial charge >= 0.3 is 0 Å². The van der Waals surface area contributed by atoms with Crippen LogP contribution in [0.3, 0.4) is 0 Å². The Hall–Kier alpha value is -0.830. The van der Waals surface area contributed by atoms with Gasteiger partial charge in [-0.05, 0) is 31.4 Å². The number of hydrogen-bond acceptors (Lipinski definition) is 1. The molecule has 0 fully saturated rings. The first-order valence-corrected chi connectivity index (χ1v) is 6.61. The number of carbonyl (C=O) groups is 1. The fraction of sp³-hybridized carbons (Fsp3) is 0.462. The van der Waals surface area contributed by atoms with E-state index >= 15 is 0 Å². The number of hydrogen-bond donors (Lipinski definition) is 1. The third-order valence-electron chi connectivity index (χ3n) is 2.85. The van der Waals surface area contributed by atoms with Crippen LogP contribution in [0.15, 0.2) is 24.3 Å². The molecule has 1 rings (SSSR count). The highest BCUT2D eigenvalue weighted by Gasteiger charge is 2.15. The Morgan fingerprint density at radius 1 is 1.38 bits per heavy atom. The summed E-state index contributed by atoms with van der Waals surface area (Å²) < 4.78 is 0. The van der Waals surface area contributed by atoms with E-state index in [1.165, 1.54) is 0 Å². The van der Waals surface area contributed by atoms with Gasteiger partial charge in [0, 0.05) is 16.9 Å². The molecule has 88 valence electrons. The molecule has 0 spiro atoms. The molecule has 3 heteroatoms. The summed E-state index contributed by atoms with van der Waals surface area (Å²) in [4.78, 5) is 12.0. The molecule has 0 aliphatic heterocycles. The lowest BCUT2D eigenvalue weighted by atomic mass is 10.0. The van der Waals surface area contributed by atoms with Crippen LogP contribution in [-0.4, -0.2) is 17.3 Å². The summed E-state index contributed by atoms with van der Waals surface area (Å²) in [6.07, 6.45) is 0. The molecule has 16 heavy (non-hydrogen) atoms. The Morgan fingerprint density at radius 3 is 2.56 bits per heavy atom. The second-order valence-corrected chi connectivity index (χ2v) is 4.86. The van der Waals surface area contributed by atoms with Crippen LogP contribution in [0.4, 0.5) is 0 Å². The van der Waals surface area contributed by atoms with E-state index in [1.807, 2.05) is 38.1 Å². The SMILES string of the molecule is Cc1ccccc1C(=O)NC(C)C(C)CBr. The number of alkyl halides is 1. The van der Waals surface area contributed by atoms with Crippen LogP contribution in [0.25, 0.3) is 0 Å². The van der Waals surface area contributed by atoms with Gasteiger partial charge in [-0.25, -0.2) is 0 Å². The topological polar surface area (TPSA) is 29.1 Å². The van der Waals surface area contributed by atoms with Gasteiger partial charge in [-0.2, -0.15) is 0 Å². The quantitative estimate of drug-likeness (QED) is 0.845. The van der Waals surface area contributed by atoms with Gasteiger partial charge in [0.15, 0.2) is 0 Å². The maximum atomic E-state index is 12.0. The van der Waals surface area contributed by atoms with Crippen LogP contribution >= 0.6 is 15.9 Å². The molecule has 1 aromatic carbocycles. The van der Waals surface area contributed by atoms with Gasteiger partial charge < -0.3 is 5.32 Å². The highest BCUT2D eigenvalue weighted by molar-refractivity contribution is 9.09. The average Bonchev–Trinajstić information content (AvgIpc) is 2.28. The van der Waals surface area contributed by atoms with Gasteiger partial charge in [-0.3, -0.25) is 4.79 Å². The summed E-state index contributed by atoms with van der Waals surface area (Å²) in [6.45, 7) is 6.09. The molecule has 0 aromatic heterocycles. The van der Waals surface area contributed by atoms with E-state index in [1.54, 1.807) is 0 Å². The molecule has 2 atom stereocenters. The van der Waals surface area contributed by atoms with E-state index in [0.29, 0.717) is 5.92 Å². The molecule has 0 aliphatic carbocycles. The predicted molar refractivity (Wildman–Crippen MR) is 71.1 cm³/mol. The monoisotopic (exact) mass is 283 g/mol. The Labute approximate surface area is 106 Å². The summed E-state index contributed by atoms with van der Waals surface area (Å²) in [5.41, 5.74) is 1.77. The highest BCUT2D eigenvalue weighted by Crippen LogP contribution is 2.10. The van der Waals surface area contributed by atoms with Crippen molar-refractivity contribution in [3.63, 3.8) is 0 Å². The Kier molecular flexibility index (Phi) is 5.00. The number of benzene rings is 1. The minimum atomic E-state index is 0.0124. The van der Waals surface area contributed by atoms with Gasteiger partial charge in [0.1, 0.15) is 0 Å². The van der Waals surface area contributed by atoms with E-state index in [0.717, 1.165) is 16.5 Å². The summed E-state index contributed by atoms with van der Waals surface area (Å²) >= 11 is 3.42. The largest absolute Gasteiger partial charge is 0.349 e. The lowest BCUT2D eigenvalue weighted by Gasteiger charge is -2.19. The molecule has 2 unspecified atom stereocenters. The van der Waals surface area contributed by atoms with Crippen molar-refractivity contribution in [2.45, 2.75) is 26.8 Å².